The number of aromatic nitrogens is 2. The van der Waals surface area contributed by atoms with Crippen molar-refractivity contribution in [3.8, 4) is 0 Å². The fourth-order valence-electron chi connectivity index (χ4n) is 22.7. The largest absolute Gasteiger partial charge is 0.392 e. The zero-order valence-electron chi connectivity index (χ0n) is 46.6. The fraction of sp³-hybridized carbons (Fsp3) is 0.823. The molecule has 76 heavy (non-hydrogen) atoms. The van der Waals surface area contributed by atoms with E-state index in [0.717, 1.165) is 75.0 Å². The number of ketones is 1. The molecule has 418 valence electrons. The van der Waals surface area contributed by atoms with Crippen LogP contribution in [0.15, 0.2) is 57.7 Å². The summed E-state index contributed by atoms with van der Waals surface area (Å²) in [6.45, 7) is 12.0. The number of carbonyl (C=O) groups excluding carboxylic acids is 1. The van der Waals surface area contributed by atoms with Crippen LogP contribution in [0.2, 0.25) is 0 Å². The first-order valence-corrected chi connectivity index (χ1v) is 32.8. The molecule has 2 heterocycles. The number of hydrogen-bond donors (Lipinski definition) is 8. The second-order valence-corrected chi connectivity index (χ2v) is 31.7. The van der Waals surface area contributed by atoms with Gasteiger partial charge >= 0.3 is 0 Å². The van der Waals surface area contributed by atoms with Crippen LogP contribution in [-0.4, -0.2) is 108 Å². The van der Waals surface area contributed by atoms with E-state index < -0.39 is 52.8 Å². The maximum atomic E-state index is 15.5. The zero-order chi connectivity index (χ0) is 53.1. The van der Waals surface area contributed by atoms with Crippen LogP contribution in [0.3, 0.4) is 0 Å². The quantitative estimate of drug-likeness (QED) is 0.0444. The molecule has 9 fully saturated rings. The van der Waals surface area contributed by atoms with Crippen molar-refractivity contribution in [3.05, 3.63) is 52.7 Å². The first kappa shape index (κ1) is 53.2. The molecular weight excluding hydrogens is 989 g/mol. The van der Waals surface area contributed by atoms with Gasteiger partial charge in [0.05, 0.1) is 30.2 Å². The molecule has 1 aliphatic heterocycles. The van der Waals surface area contributed by atoms with Crippen LogP contribution in [0, 0.1) is 92.7 Å². The monoisotopic (exact) mass is 1080 g/mol. The van der Waals surface area contributed by atoms with E-state index in [-0.39, 0.29) is 69.9 Å². The summed E-state index contributed by atoms with van der Waals surface area (Å²) >= 11 is 0. The number of nitrogens with one attached hydrogen (secondary N) is 2. The van der Waals surface area contributed by atoms with Crippen LogP contribution in [0.25, 0.3) is 0 Å². The summed E-state index contributed by atoms with van der Waals surface area (Å²) in [5.74, 6) is 1.30. The summed E-state index contributed by atoms with van der Waals surface area (Å²) in [5, 5.41) is 69.9. The minimum Gasteiger partial charge on any atom is -0.392 e. The normalized spacial score (nSPS) is 48.5. The van der Waals surface area contributed by atoms with Gasteiger partial charge in [0.1, 0.15) is 6.23 Å². The van der Waals surface area contributed by atoms with Crippen molar-refractivity contribution in [2.24, 2.45) is 103 Å². The molecule has 6 bridgehead atoms. The lowest BCUT2D eigenvalue weighted by atomic mass is 9.40. The number of carbonyl (C=O) groups is 1. The van der Waals surface area contributed by atoms with E-state index in [1.54, 1.807) is 29.2 Å². The topological polar surface area (TPSA) is 198 Å². The number of fused-ring (bicyclic) bond motifs is 15. The highest BCUT2D eigenvalue weighted by molar-refractivity contribution is 8.77. The summed E-state index contributed by atoms with van der Waals surface area (Å²) in [6.07, 6.45) is 24.8. The number of aliphatic hydroxyl groups is 5. The molecule has 12 nitrogen and oxygen atoms in total. The molecular formula is C62H92N6O6S2. The van der Waals surface area contributed by atoms with E-state index in [1.165, 1.54) is 51.4 Å². The number of aliphatic imine (C=N–C) groups is 1. The average Bonchev–Trinajstić information content (AvgIpc) is 4.18. The Labute approximate surface area is 461 Å². The van der Waals surface area contributed by atoms with E-state index in [4.69, 9.17) is 10.7 Å². The van der Waals surface area contributed by atoms with Crippen molar-refractivity contribution in [1.82, 2.24) is 20.2 Å². The van der Waals surface area contributed by atoms with E-state index >= 15 is 9.90 Å². The Morgan fingerprint density at radius 3 is 2.51 bits per heavy atom. The molecule has 21 unspecified atom stereocenters. The van der Waals surface area contributed by atoms with Gasteiger partial charge in [-0.05, 0) is 186 Å². The van der Waals surface area contributed by atoms with Gasteiger partial charge in [-0.1, -0.05) is 90.8 Å². The Morgan fingerprint density at radius 1 is 0.961 bits per heavy atom. The van der Waals surface area contributed by atoms with E-state index in [9.17, 15) is 20.4 Å². The predicted molar refractivity (Wildman–Crippen MR) is 301 cm³/mol. The summed E-state index contributed by atoms with van der Waals surface area (Å²) in [7, 11) is 5.88. The number of nitrogens with zero attached hydrogens (tertiary/aromatic N) is 3. The van der Waals surface area contributed by atoms with Crippen molar-refractivity contribution in [2.75, 3.05) is 25.9 Å². The lowest BCUT2D eigenvalue weighted by Gasteiger charge is -2.65. The first-order chi connectivity index (χ1) is 36.3. The van der Waals surface area contributed by atoms with Crippen LogP contribution in [0.5, 0.6) is 0 Å². The molecule has 0 radical (unpaired) electrons. The van der Waals surface area contributed by atoms with Crippen LogP contribution < -0.4 is 16.4 Å². The minimum absolute atomic E-state index is 0.0533. The van der Waals surface area contributed by atoms with Gasteiger partial charge in [0.15, 0.2) is 11.7 Å². The fourth-order valence-corrected chi connectivity index (χ4v) is 26.5. The molecule has 2 spiro atoms. The summed E-state index contributed by atoms with van der Waals surface area (Å²) in [5.41, 5.74) is 11.2. The van der Waals surface area contributed by atoms with Crippen LogP contribution in [0.1, 0.15) is 163 Å². The zero-order valence-corrected chi connectivity index (χ0v) is 48.2. The van der Waals surface area contributed by atoms with Crippen molar-refractivity contribution in [2.45, 2.75) is 198 Å². The lowest BCUT2D eigenvalue weighted by Crippen LogP contribution is -2.68. The van der Waals surface area contributed by atoms with Gasteiger partial charge in [-0.3, -0.25) is 9.79 Å². The van der Waals surface area contributed by atoms with Crippen molar-refractivity contribution < 1.29 is 30.3 Å². The number of nitrogens with two attached hydrogens (primary N) is 1. The number of hydrogen-bond acceptors (Lipinski definition) is 11. The molecule has 1 aromatic rings. The van der Waals surface area contributed by atoms with Crippen LogP contribution in [0.4, 0.5) is 0 Å². The molecule has 1 saturated heterocycles. The van der Waals surface area contributed by atoms with Gasteiger partial charge in [0.2, 0.25) is 0 Å². The van der Waals surface area contributed by atoms with Gasteiger partial charge in [-0.25, -0.2) is 4.98 Å². The third kappa shape index (κ3) is 7.59. The van der Waals surface area contributed by atoms with Gasteiger partial charge in [-0.15, -0.1) is 0 Å². The highest BCUT2D eigenvalue weighted by Crippen LogP contribution is 2.78. The highest BCUT2D eigenvalue weighted by atomic mass is 33.1. The molecule has 21 atom stereocenters. The molecule has 14 heteroatoms. The Kier molecular flexibility index (Phi) is 13.3. The molecule has 0 amide bonds. The number of allylic oxidation sites excluding steroid dienone is 3. The third-order valence-electron chi connectivity index (χ3n) is 24.9. The van der Waals surface area contributed by atoms with E-state index in [0.29, 0.717) is 42.7 Å². The highest BCUT2D eigenvalue weighted by Gasteiger charge is 2.76. The molecule has 9 N–H and O–H groups in total. The Bertz CT molecular complexity index is 2580. The smallest absolute Gasteiger partial charge is 0.190 e. The lowest BCUT2D eigenvalue weighted by molar-refractivity contribution is -0.185. The van der Waals surface area contributed by atoms with Gasteiger partial charge in [0, 0.05) is 77.0 Å². The Hall–Kier alpha value is -2.17. The Balaban J connectivity index is 1.02. The Morgan fingerprint density at radius 2 is 1.76 bits per heavy atom. The SMILES string of the molecule is CNCC1C(O)C(O)CC2(C)C3C(=CC(=O)C12)C1(O)C2CC(C4CC5CCCC6=C5C(C(=C5CC7CCC8CCCC8(C7)C65)C(C)(C)CC(n5ccnc5)CSSC25CCCC5)C4O)C1(C)CC3CN=C(N)NC(C)O. The molecule has 0 aromatic carbocycles. The number of aliphatic hydroxyl groups excluding tert-OH is 4. The molecule has 13 rings (SSSR count). The molecule has 12 aliphatic rings. The van der Waals surface area contributed by atoms with Gasteiger partial charge in [-0.2, -0.15) is 0 Å². The summed E-state index contributed by atoms with van der Waals surface area (Å²) < 4.78 is 2.09. The van der Waals surface area contributed by atoms with Crippen molar-refractivity contribution >= 4 is 33.3 Å². The van der Waals surface area contributed by atoms with Gasteiger partial charge < -0.3 is 46.5 Å². The van der Waals surface area contributed by atoms with Crippen molar-refractivity contribution in [1.29, 1.82) is 0 Å². The molecule has 1 aromatic heterocycles. The second kappa shape index (κ2) is 18.9. The molecule has 11 aliphatic carbocycles. The molecule has 8 saturated carbocycles. The second-order valence-electron chi connectivity index (χ2n) is 28.9. The summed E-state index contributed by atoms with van der Waals surface area (Å²) in [6, 6.07) is 0.174. The standard InChI is InChI=1S/C62H92N6O6S2/c1-33(69)67-56(63)66-29-36-26-59(5)43-24-47(62(59,74)44-23-45(70)52-42(30-64-6)54(72)46(71)28-58(52,4)50(36)44)61(17-7-8-18-61)76-75-31-38(68-20-19-65-32-68)27-57(2,3)53-41-21-34-14-15-37-12-10-16-60(37,25-34)51(41)39-13-9-11-35-22-40(43)55(73)49(53)48(35)39/h19-20,23,32-38,40,42-43,46-47,49-52,54-55,64,69,71-74H,7-18,21-22,24-31H2,1-6H3,(H3,63,66,67). The number of rotatable bonds is 6. The first-order valence-electron chi connectivity index (χ1n) is 30.5. The number of guanidine groups is 1. The van der Waals surface area contributed by atoms with Gasteiger partial charge in [0.25, 0.3) is 0 Å². The minimum atomic E-state index is -1.42. The van der Waals surface area contributed by atoms with E-state index in [2.05, 4.69) is 54.1 Å². The van der Waals surface area contributed by atoms with E-state index in [1.807, 2.05) is 47.2 Å². The predicted octanol–water partition coefficient (Wildman–Crippen LogP) is 8.90. The maximum absolute atomic E-state index is 15.5. The third-order valence-corrected chi connectivity index (χ3v) is 28.3. The number of imidazole rings is 1. The van der Waals surface area contributed by atoms with Crippen LogP contribution >= 0.6 is 21.6 Å². The average molecular weight is 1080 g/mol. The van der Waals surface area contributed by atoms with Crippen molar-refractivity contribution in [3.63, 3.8) is 0 Å². The van der Waals surface area contributed by atoms with Crippen LogP contribution in [-0.2, 0) is 4.79 Å². The summed E-state index contributed by atoms with van der Waals surface area (Å²) in [4.78, 5) is 25.2. The maximum Gasteiger partial charge on any atom is 0.190 e.